The molecule has 0 unspecified atom stereocenters. The van der Waals surface area contributed by atoms with Crippen molar-refractivity contribution in [3.63, 3.8) is 0 Å². The van der Waals surface area contributed by atoms with Gasteiger partial charge in [-0.1, -0.05) is 284 Å². The van der Waals surface area contributed by atoms with Crippen LogP contribution in [0.1, 0.15) is 33.4 Å². The first-order chi connectivity index (χ1) is 64.3. The van der Waals surface area contributed by atoms with Gasteiger partial charge in [-0.25, -0.2) is 24.8 Å². The van der Waals surface area contributed by atoms with Gasteiger partial charge in [0.15, 0.2) is 17.3 Å². The van der Waals surface area contributed by atoms with E-state index in [9.17, 15) is 36.9 Å². The highest BCUT2D eigenvalue weighted by molar-refractivity contribution is 6.14. The molecule has 0 aliphatic carbocycles. The number of hydrogen-bond donors (Lipinski definition) is 0. The van der Waals surface area contributed by atoms with E-state index in [1.54, 1.807) is 30.3 Å². The number of para-hydroxylation sites is 1. The van der Waals surface area contributed by atoms with Crippen molar-refractivity contribution in [1.29, 1.82) is 10.5 Å². The van der Waals surface area contributed by atoms with Crippen LogP contribution in [-0.2, 0) is 12.4 Å². The molecule has 0 saturated heterocycles. The number of rotatable bonds is 15. The Hall–Kier alpha value is -17.5. The fourth-order valence-corrected chi connectivity index (χ4v) is 17.5. The molecular weight excluding hydrogens is 1650 g/mol. The summed E-state index contributed by atoms with van der Waals surface area (Å²) in [4.78, 5) is 24.5. The molecule has 0 amide bonds. The number of nitriles is 2. The summed E-state index contributed by atoms with van der Waals surface area (Å²) in [5, 5.41) is 23.3. The first kappa shape index (κ1) is 82.8. The smallest absolute Gasteiger partial charge is 0.308 e. The lowest BCUT2D eigenvalue weighted by Gasteiger charge is -2.21. The Kier molecular flexibility index (Phi) is 21.8. The van der Waals surface area contributed by atoms with E-state index in [1.165, 1.54) is 12.1 Å². The van der Waals surface area contributed by atoms with Crippen LogP contribution in [0.25, 0.3) is 206 Å². The van der Waals surface area contributed by atoms with Gasteiger partial charge >= 0.3 is 12.4 Å². The fraction of sp³-hybridized carbons (Fsp3) is 0.0342. The van der Waals surface area contributed by atoms with Gasteiger partial charge in [0, 0.05) is 77.2 Å². The minimum absolute atomic E-state index is 0.450. The summed E-state index contributed by atoms with van der Waals surface area (Å²) in [5.41, 5.74) is 26.8. The van der Waals surface area contributed by atoms with Crippen molar-refractivity contribution in [2.24, 2.45) is 0 Å². The number of fused-ring (bicyclic) bond motifs is 6. The second-order valence-corrected chi connectivity index (χ2v) is 32.5. The number of aromatic nitrogens is 6. The maximum absolute atomic E-state index is 14.3. The van der Waals surface area contributed by atoms with Crippen LogP contribution in [0.2, 0.25) is 0 Å². The topological polar surface area (TPSA) is 113 Å². The highest BCUT2D eigenvalue weighted by Crippen LogP contribution is 2.50. The summed E-state index contributed by atoms with van der Waals surface area (Å²) in [7, 11) is 0. The Morgan fingerprint density at radius 2 is 0.538 bits per heavy atom. The van der Waals surface area contributed by atoms with E-state index in [0.717, 1.165) is 191 Å². The van der Waals surface area contributed by atoms with E-state index in [0.29, 0.717) is 61.8 Å². The summed E-state index contributed by atoms with van der Waals surface area (Å²) >= 11 is 0. The molecule has 17 aromatic carbocycles. The van der Waals surface area contributed by atoms with Crippen molar-refractivity contribution >= 4 is 49.3 Å². The van der Waals surface area contributed by atoms with Crippen molar-refractivity contribution in [3.8, 4) is 169 Å². The zero-order chi connectivity index (χ0) is 90.3. The van der Waals surface area contributed by atoms with Crippen molar-refractivity contribution in [1.82, 2.24) is 29.1 Å². The van der Waals surface area contributed by atoms with Gasteiger partial charge < -0.3 is 9.13 Å². The van der Waals surface area contributed by atoms with E-state index in [1.807, 2.05) is 238 Å². The zero-order valence-corrected chi connectivity index (χ0v) is 71.0. The van der Waals surface area contributed by atoms with E-state index in [-0.39, 0.29) is 0 Å². The standard InChI is InChI=1S/C62H38F3N5.C55H35F3N4/c1-39-19-21-41(22-20-39)52-35-49(61-68-56(43-12-5-3-6-13-43)37-57(69-61)44-14-7-4-8-15-44)36-53(42-23-27-50(28-24-42)62(63,64)65)60(52)70-58-29-25-47(45-16-9-11-40(31-45)38-66)33-54(58)55-34-48(26-30-59(55)70)46-17-10-18-51(32-46)67-2;1-35-19-21-37(22-20-35)46-31-43(54-60-49(39-12-4-2-5-13-39)33-50(61-54)40-14-6-3-7-15-40)32-47(38-23-26-44(27-24-38)55(56,57)58)53(46)62-51-18-9-8-17-45(51)48-30-42(25-28-52(48)62)41-16-10-11-36(29-41)34-59/h3-37H,1H3;2-33H,1H3. The highest BCUT2D eigenvalue weighted by atomic mass is 19.4. The Bertz CT molecular complexity index is 7940. The van der Waals surface area contributed by atoms with Gasteiger partial charge in [0.2, 0.25) is 0 Å². The molecule has 0 bridgehead atoms. The minimum Gasteiger partial charge on any atom is -0.308 e. The molecule has 0 aliphatic rings. The van der Waals surface area contributed by atoms with E-state index in [4.69, 9.17) is 26.5 Å². The molecule has 9 nitrogen and oxygen atoms in total. The molecule has 628 valence electrons. The number of nitrogens with zero attached hydrogens (tertiary/aromatic N) is 9. The van der Waals surface area contributed by atoms with Gasteiger partial charge in [-0.2, -0.15) is 36.9 Å². The molecule has 0 aliphatic heterocycles. The zero-order valence-electron chi connectivity index (χ0n) is 71.0. The molecule has 21 aromatic rings. The fourth-order valence-electron chi connectivity index (χ4n) is 17.5. The molecule has 15 heteroatoms. The summed E-state index contributed by atoms with van der Waals surface area (Å²) < 4.78 is 89.5. The van der Waals surface area contributed by atoms with E-state index in [2.05, 4.69) is 141 Å². The van der Waals surface area contributed by atoms with Crippen LogP contribution in [0.15, 0.2) is 406 Å². The molecule has 0 radical (unpaired) electrons. The number of hydrogen-bond acceptors (Lipinski definition) is 6. The molecule has 0 saturated carbocycles. The first-order valence-electron chi connectivity index (χ1n) is 42.8. The first-order valence-corrected chi connectivity index (χ1v) is 42.8. The van der Waals surface area contributed by atoms with E-state index >= 15 is 0 Å². The third-order valence-corrected chi connectivity index (χ3v) is 24.1. The summed E-state index contributed by atoms with van der Waals surface area (Å²) in [6.07, 6.45) is -9.05. The summed E-state index contributed by atoms with van der Waals surface area (Å²) in [5.74, 6) is 0.927. The lowest BCUT2D eigenvalue weighted by molar-refractivity contribution is -0.138. The lowest BCUT2D eigenvalue weighted by Crippen LogP contribution is -2.05. The predicted molar refractivity (Wildman–Crippen MR) is 519 cm³/mol. The third kappa shape index (κ3) is 16.4. The normalized spacial score (nSPS) is 11.5. The lowest BCUT2D eigenvalue weighted by atomic mass is 9.91. The molecular formula is C117H73F6N9. The van der Waals surface area contributed by atoms with Crippen LogP contribution < -0.4 is 0 Å². The van der Waals surface area contributed by atoms with Gasteiger partial charge in [0.05, 0.1) is 97.2 Å². The molecule has 21 rings (SSSR count). The van der Waals surface area contributed by atoms with Crippen LogP contribution in [0.3, 0.4) is 0 Å². The molecule has 4 heterocycles. The maximum atomic E-state index is 14.3. The monoisotopic (exact) mass is 1720 g/mol. The summed E-state index contributed by atoms with van der Waals surface area (Å²) in [6, 6.07) is 133. The van der Waals surface area contributed by atoms with Crippen LogP contribution >= 0.6 is 0 Å². The van der Waals surface area contributed by atoms with Crippen LogP contribution in [0.5, 0.6) is 0 Å². The molecule has 4 aromatic heterocycles. The van der Waals surface area contributed by atoms with Gasteiger partial charge in [-0.15, -0.1) is 0 Å². The highest BCUT2D eigenvalue weighted by Gasteiger charge is 2.33. The second-order valence-electron chi connectivity index (χ2n) is 32.5. The average molecular weight is 1720 g/mol. The Balaban J connectivity index is 0.000000166. The minimum atomic E-state index is -4.54. The number of halogens is 6. The van der Waals surface area contributed by atoms with Crippen molar-refractivity contribution in [2.45, 2.75) is 26.2 Å². The van der Waals surface area contributed by atoms with Crippen LogP contribution in [0.4, 0.5) is 32.0 Å². The molecule has 0 spiro atoms. The van der Waals surface area contributed by atoms with E-state index < -0.39 is 23.5 Å². The van der Waals surface area contributed by atoms with Gasteiger partial charge in [0.25, 0.3) is 0 Å². The van der Waals surface area contributed by atoms with Gasteiger partial charge in [-0.05, 0) is 203 Å². The van der Waals surface area contributed by atoms with Crippen molar-refractivity contribution in [2.75, 3.05) is 0 Å². The quantitative estimate of drug-likeness (QED) is 0.0746. The van der Waals surface area contributed by atoms with Crippen LogP contribution in [0, 0.1) is 43.1 Å². The number of aryl methyl sites for hydroxylation is 2. The van der Waals surface area contributed by atoms with Gasteiger partial charge in [-0.3, -0.25) is 0 Å². The largest absolute Gasteiger partial charge is 0.416 e. The maximum Gasteiger partial charge on any atom is 0.416 e. The number of benzene rings is 17. The molecule has 0 N–H and O–H groups in total. The van der Waals surface area contributed by atoms with Crippen molar-refractivity contribution < 1.29 is 26.3 Å². The SMILES string of the molecule is Cc1ccc(-c2cc(-c3nc(-c4ccccc4)cc(-c4ccccc4)n3)cc(-c3ccc(C(F)(F)F)cc3)c2-n2c3ccccc3c3cc(-c4cccc(C#N)c4)ccc32)cc1.[C-]#[N+]c1cccc(-c2ccc3c(c2)c2cc(-c4cccc(C#N)c4)ccc2n3-c2c(-c3ccc(C)cc3)cc(-c3nc(-c4ccccc4)cc(-c4ccccc4)n3)cc2-c2ccc(C(F)(F)F)cc2)c1. The molecule has 132 heavy (non-hydrogen) atoms. The molecule has 0 atom stereocenters. The Morgan fingerprint density at radius 3 is 0.871 bits per heavy atom. The second kappa shape index (κ2) is 34.7. The van der Waals surface area contributed by atoms with Gasteiger partial charge in [0.1, 0.15) is 0 Å². The van der Waals surface area contributed by atoms with Crippen molar-refractivity contribution in [3.05, 3.63) is 451 Å². The predicted octanol–water partition coefficient (Wildman–Crippen LogP) is 31.8. The Morgan fingerprint density at radius 1 is 0.258 bits per heavy atom. The number of alkyl halides is 6. The molecule has 0 fully saturated rings. The third-order valence-electron chi connectivity index (χ3n) is 24.1. The Labute approximate surface area is 757 Å². The average Bonchev–Trinajstić information content (AvgIpc) is 1.56. The summed E-state index contributed by atoms with van der Waals surface area (Å²) in [6.45, 7) is 11.8. The van der Waals surface area contributed by atoms with Crippen LogP contribution in [-0.4, -0.2) is 29.1 Å².